The Kier molecular flexibility index (Phi) is 4.81. The van der Waals surface area contributed by atoms with Crippen molar-refractivity contribution in [3.8, 4) is 28.0 Å². The van der Waals surface area contributed by atoms with Crippen molar-refractivity contribution >= 4 is 32.3 Å². The largest absolute Gasteiger partial charge is 0.494 e. The number of hydrogen-bond acceptors (Lipinski definition) is 1. The number of rotatable bonds is 4. The highest BCUT2D eigenvalue weighted by Gasteiger charge is 2.16. The maximum atomic E-state index is 5.83. The third-order valence-corrected chi connectivity index (χ3v) is 6.40. The van der Waals surface area contributed by atoms with Crippen molar-refractivity contribution in [2.75, 3.05) is 6.61 Å². The van der Waals surface area contributed by atoms with Crippen LogP contribution in [0.5, 0.6) is 5.75 Å². The van der Waals surface area contributed by atoms with E-state index in [9.17, 15) is 0 Å². The molecular formula is C32H24O. The van der Waals surface area contributed by atoms with Crippen molar-refractivity contribution in [1.29, 1.82) is 0 Å². The summed E-state index contributed by atoms with van der Waals surface area (Å²) in [7, 11) is 0. The summed E-state index contributed by atoms with van der Waals surface area (Å²) in [5.41, 5.74) is 4.97. The van der Waals surface area contributed by atoms with Gasteiger partial charge in [0.1, 0.15) is 5.75 Å². The van der Waals surface area contributed by atoms with Crippen molar-refractivity contribution in [3.63, 3.8) is 0 Å². The molecule has 0 N–H and O–H groups in total. The Labute approximate surface area is 193 Å². The Morgan fingerprint density at radius 3 is 1.64 bits per heavy atom. The molecule has 1 heteroatoms. The van der Waals surface area contributed by atoms with Crippen molar-refractivity contribution in [3.05, 3.63) is 115 Å². The van der Waals surface area contributed by atoms with Gasteiger partial charge in [-0.05, 0) is 79.7 Å². The topological polar surface area (TPSA) is 9.23 Å². The molecule has 0 saturated carbocycles. The second-order valence-corrected chi connectivity index (χ2v) is 8.36. The molecule has 158 valence electrons. The van der Waals surface area contributed by atoms with Crippen LogP contribution in [-0.2, 0) is 0 Å². The number of hydrogen-bond donors (Lipinski definition) is 0. The third kappa shape index (κ3) is 3.34. The third-order valence-electron chi connectivity index (χ3n) is 6.40. The lowest BCUT2D eigenvalue weighted by Crippen LogP contribution is -1.93. The molecule has 6 aromatic rings. The van der Waals surface area contributed by atoms with Gasteiger partial charge in [0.15, 0.2) is 0 Å². The number of fused-ring (bicyclic) bond motifs is 3. The van der Waals surface area contributed by atoms with Gasteiger partial charge in [-0.3, -0.25) is 0 Å². The first-order chi connectivity index (χ1) is 16.3. The summed E-state index contributed by atoms with van der Waals surface area (Å²) in [5, 5.41) is 7.57. The van der Waals surface area contributed by atoms with Gasteiger partial charge in [0.05, 0.1) is 6.61 Å². The van der Waals surface area contributed by atoms with E-state index in [4.69, 9.17) is 4.74 Å². The predicted molar refractivity (Wildman–Crippen MR) is 141 cm³/mol. The molecule has 0 saturated heterocycles. The van der Waals surface area contributed by atoms with Gasteiger partial charge in [0, 0.05) is 0 Å². The Morgan fingerprint density at radius 2 is 1.03 bits per heavy atom. The van der Waals surface area contributed by atoms with Crippen LogP contribution >= 0.6 is 0 Å². The average molecular weight is 425 g/mol. The van der Waals surface area contributed by atoms with Gasteiger partial charge in [0.2, 0.25) is 0 Å². The normalized spacial score (nSPS) is 11.3. The van der Waals surface area contributed by atoms with Gasteiger partial charge in [-0.2, -0.15) is 0 Å². The fourth-order valence-corrected chi connectivity index (χ4v) is 5.00. The van der Waals surface area contributed by atoms with E-state index in [0.29, 0.717) is 6.61 Å². The summed E-state index contributed by atoms with van der Waals surface area (Å²) in [6.45, 7) is 2.68. The van der Waals surface area contributed by atoms with Crippen LogP contribution in [-0.4, -0.2) is 6.61 Å². The highest BCUT2D eigenvalue weighted by Crippen LogP contribution is 2.44. The summed E-state index contributed by atoms with van der Waals surface area (Å²) >= 11 is 0. The summed E-state index contributed by atoms with van der Waals surface area (Å²) < 4.78 is 5.83. The molecular weight excluding hydrogens is 400 g/mol. The van der Waals surface area contributed by atoms with Crippen LogP contribution in [0.2, 0.25) is 0 Å². The molecule has 1 nitrogen and oxygen atoms in total. The van der Waals surface area contributed by atoms with Gasteiger partial charge in [-0.15, -0.1) is 0 Å². The van der Waals surface area contributed by atoms with Crippen molar-refractivity contribution in [2.45, 2.75) is 6.92 Å². The van der Waals surface area contributed by atoms with E-state index in [1.807, 2.05) is 13.0 Å². The van der Waals surface area contributed by atoms with Crippen molar-refractivity contribution in [1.82, 2.24) is 0 Å². The fourth-order valence-electron chi connectivity index (χ4n) is 5.00. The zero-order chi connectivity index (χ0) is 22.2. The van der Waals surface area contributed by atoms with E-state index >= 15 is 0 Å². The van der Waals surface area contributed by atoms with E-state index in [0.717, 1.165) is 5.75 Å². The molecule has 0 fully saturated rings. The first-order valence-corrected chi connectivity index (χ1v) is 11.5. The molecule has 33 heavy (non-hydrogen) atoms. The molecule has 0 spiro atoms. The molecule has 6 rings (SSSR count). The van der Waals surface area contributed by atoms with E-state index in [1.165, 1.54) is 54.6 Å². The van der Waals surface area contributed by atoms with E-state index in [-0.39, 0.29) is 0 Å². The summed E-state index contributed by atoms with van der Waals surface area (Å²) in [5.74, 6) is 0.904. The van der Waals surface area contributed by atoms with E-state index < -0.39 is 0 Å². The fraction of sp³-hybridized carbons (Fsp3) is 0.0625. The van der Waals surface area contributed by atoms with Crippen LogP contribution in [0.1, 0.15) is 6.92 Å². The average Bonchev–Trinajstić information content (AvgIpc) is 2.87. The van der Waals surface area contributed by atoms with Gasteiger partial charge in [-0.25, -0.2) is 0 Å². The standard InChI is InChI=1S/C32H24O/c1-2-33-26-13-9-12-24(21-26)31-27-14-5-7-16-29(27)32(30-17-8-6-15-28(30)31)25-19-18-22-10-3-4-11-23(22)20-25/h3-21H,2H2,1H3. The molecule has 6 aromatic carbocycles. The maximum Gasteiger partial charge on any atom is 0.119 e. The van der Waals surface area contributed by atoms with Crippen LogP contribution in [0.25, 0.3) is 54.6 Å². The summed E-state index contributed by atoms with van der Waals surface area (Å²) in [6.07, 6.45) is 0. The second kappa shape index (κ2) is 8.11. The second-order valence-electron chi connectivity index (χ2n) is 8.36. The molecule has 0 aliphatic rings. The lowest BCUT2D eigenvalue weighted by atomic mass is 9.85. The van der Waals surface area contributed by atoms with Crippen molar-refractivity contribution < 1.29 is 4.74 Å². The molecule has 0 aliphatic carbocycles. The smallest absolute Gasteiger partial charge is 0.119 e. The van der Waals surface area contributed by atoms with Gasteiger partial charge in [-0.1, -0.05) is 97.1 Å². The summed E-state index contributed by atoms with van der Waals surface area (Å²) in [6, 6.07) is 41.4. The van der Waals surface area contributed by atoms with Crippen LogP contribution in [0, 0.1) is 0 Å². The first kappa shape index (κ1) is 19.6. The monoisotopic (exact) mass is 424 g/mol. The number of ether oxygens (including phenoxy) is 1. The molecule has 0 heterocycles. The molecule has 0 unspecified atom stereocenters. The SMILES string of the molecule is CCOc1cccc(-c2c3ccccc3c(-c3ccc4ccccc4c3)c3ccccc23)c1. The molecule has 0 atom stereocenters. The highest BCUT2D eigenvalue weighted by atomic mass is 16.5. The molecule has 0 radical (unpaired) electrons. The lowest BCUT2D eigenvalue weighted by Gasteiger charge is -2.18. The molecule has 0 aliphatic heterocycles. The Hall–Kier alpha value is -4.10. The number of benzene rings is 6. The van der Waals surface area contributed by atoms with Gasteiger partial charge in [0.25, 0.3) is 0 Å². The summed E-state index contributed by atoms with van der Waals surface area (Å²) in [4.78, 5) is 0. The predicted octanol–water partition coefficient (Wildman–Crippen LogP) is 8.88. The Morgan fingerprint density at radius 1 is 0.485 bits per heavy atom. The zero-order valence-electron chi connectivity index (χ0n) is 18.6. The van der Waals surface area contributed by atoms with Crippen LogP contribution in [0.4, 0.5) is 0 Å². The lowest BCUT2D eigenvalue weighted by molar-refractivity contribution is 0.340. The minimum atomic E-state index is 0.659. The van der Waals surface area contributed by atoms with Crippen molar-refractivity contribution in [2.24, 2.45) is 0 Å². The van der Waals surface area contributed by atoms with E-state index in [2.05, 4.69) is 109 Å². The van der Waals surface area contributed by atoms with E-state index in [1.54, 1.807) is 0 Å². The first-order valence-electron chi connectivity index (χ1n) is 11.5. The van der Waals surface area contributed by atoms with Crippen LogP contribution < -0.4 is 4.74 Å². The highest BCUT2D eigenvalue weighted by molar-refractivity contribution is 6.21. The Balaban J connectivity index is 1.72. The Bertz CT molecular complexity index is 1570. The molecule has 0 bridgehead atoms. The quantitative estimate of drug-likeness (QED) is 0.257. The van der Waals surface area contributed by atoms with Gasteiger partial charge < -0.3 is 4.74 Å². The van der Waals surface area contributed by atoms with Crippen LogP contribution in [0.15, 0.2) is 115 Å². The van der Waals surface area contributed by atoms with Gasteiger partial charge >= 0.3 is 0 Å². The van der Waals surface area contributed by atoms with Crippen LogP contribution in [0.3, 0.4) is 0 Å². The molecule has 0 amide bonds. The minimum Gasteiger partial charge on any atom is -0.494 e. The minimum absolute atomic E-state index is 0.659. The maximum absolute atomic E-state index is 5.83. The molecule has 0 aromatic heterocycles. The zero-order valence-corrected chi connectivity index (χ0v) is 18.6.